The lowest BCUT2D eigenvalue weighted by Crippen LogP contribution is -2.63. The second-order valence-corrected chi connectivity index (χ2v) is 9.88. The van der Waals surface area contributed by atoms with Gasteiger partial charge in [-0.05, 0) is 42.0 Å². The normalized spacial score (nSPS) is 34.0. The summed E-state index contributed by atoms with van der Waals surface area (Å²) < 4.78 is 28.2. The summed E-state index contributed by atoms with van der Waals surface area (Å²) >= 11 is 0. The molecule has 222 valence electrons. The number of aromatic nitrogens is 2. The fraction of sp³-hybridized carbons (Fsp3) is 0.481. The number of nitrogens with zero attached hydrogens (tertiary/aromatic N) is 2. The van der Waals surface area contributed by atoms with E-state index >= 15 is 0 Å². The lowest BCUT2D eigenvalue weighted by atomic mass is 9.90. The van der Waals surface area contributed by atoms with Crippen molar-refractivity contribution < 1.29 is 59.1 Å². The van der Waals surface area contributed by atoms with Crippen LogP contribution in [0, 0.1) is 6.92 Å². The van der Waals surface area contributed by atoms with E-state index in [1.54, 1.807) is 55.5 Å². The lowest BCUT2D eigenvalue weighted by molar-refractivity contribution is -0.342. The number of hydrogen-bond donors (Lipinski definition) is 7. The number of rotatable bonds is 8. The van der Waals surface area contributed by atoms with Crippen molar-refractivity contribution in [3.63, 3.8) is 0 Å². The van der Waals surface area contributed by atoms with Gasteiger partial charge in [0.2, 0.25) is 11.8 Å². The number of aryl methyl sites for hydroxylation is 1. The van der Waals surface area contributed by atoms with Crippen LogP contribution in [0.5, 0.6) is 11.5 Å². The fourth-order valence-electron chi connectivity index (χ4n) is 4.83. The Morgan fingerprint density at radius 1 is 0.756 bits per heavy atom. The van der Waals surface area contributed by atoms with Gasteiger partial charge in [0.05, 0.1) is 13.2 Å². The maximum atomic E-state index is 11.2. The van der Waals surface area contributed by atoms with Crippen molar-refractivity contribution in [2.75, 3.05) is 13.2 Å². The van der Waals surface area contributed by atoms with E-state index in [0.717, 1.165) is 0 Å². The minimum Gasteiger partial charge on any atom is -0.457 e. The molecule has 3 aromatic rings. The van der Waals surface area contributed by atoms with Gasteiger partial charge >= 0.3 is 0 Å². The van der Waals surface area contributed by atoms with Crippen molar-refractivity contribution in [1.82, 2.24) is 10.2 Å². The van der Waals surface area contributed by atoms with Crippen LogP contribution in [0.1, 0.15) is 17.6 Å². The maximum absolute atomic E-state index is 11.2. The molecule has 0 spiro atoms. The summed E-state index contributed by atoms with van der Waals surface area (Å²) in [6.07, 6.45) is -14.8. The average Bonchev–Trinajstić information content (AvgIpc) is 3.42. The first-order valence-electron chi connectivity index (χ1n) is 13.0. The molecule has 0 amide bonds. The predicted octanol–water partition coefficient (Wildman–Crippen LogP) is -0.824. The zero-order valence-electron chi connectivity index (χ0n) is 21.9. The van der Waals surface area contributed by atoms with Gasteiger partial charge in [-0.15, -0.1) is 10.2 Å². The van der Waals surface area contributed by atoms with Gasteiger partial charge in [-0.25, -0.2) is 0 Å². The summed E-state index contributed by atoms with van der Waals surface area (Å²) in [4.78, 5) is 0. The van der Waals surface area contributed by atoms with E-state index in [0.29, 0.717) is 34.4 Å². The molecule has 2 aliphatic heterocycles. The molecule has 41 heavy (non-hydrogen) atoms. The molecule has 0 bridgehead atoms. The molecule has 0 radical (unpaired) electrons. The second-order valence-electron chi connectivity index (χ2n) is 9.88. The highest BCUT2D eigenvalue weighted by atomic mass is 16.7. The molecule has 14 heteroatoms. The zero-order valence-corrected chi connectivity index (χ0v) is 21.9. The van der Waals surface area contributed by atoms with E-state index in [1.807, 2.05) is 0 Å². The lowest BCUT2D eigenvalue weighted by Gasteiger charge is -2.46. The van der Waals surface area contributed by atoms with E-state index in [-0.39, 0.29) is 0 Å². The van der Waals surface area contributed by atoms with Crippen molar-refractivity contribution in [3.05, 3.63) is 60.0 Å². The Kier molecular flexibility index (Phi) is 8.96. The number of hydrogen-bond acceptors (Lipinski definition) is 14. The van der Waals surface area contributed by atoms with E-state index in [9.17, 15) is 35.7 Å². The van der Waals surface area contributed by atoms with Gasteiger partial charge in [0, 0.05) is 12.5 Å². The standard InChI is InChI=1S/C27H32N2O12/c1-12-28-29-26(37-12)13-5-7-15(8-6-13)38-16-4-2-3-14(9-16)24-23(36)25(20(33)18(11-31)39-24)41-27-22(35)21(34)19(32)17(10-30)40-27/h2-9,17-25,27,30-36H,10-11H2,1H3/t17-,18-,19-,20-,21+,22+,23-,24-,25+,27-/m1/s1. The van der Waals surface area contributed by atoms with Gasteiger partial charge in [0.25, 0.3) is 0 Å². The Hall–Kier alpha value is -3.02. The van der Waals surface area contributed by atoms with Crippen LogP contribution in [0.25, 0.3) is 11.5 Å². The largest absolute Gasteiger partial charge is 0.457 e. The van der Waals surface area contributed by atoms with Gasteiger partial charge in [0.15, 0.2) is 6.29 Å². The predicted molar refractivity (Wildman–Crippen MR) is 136 cm³/mol. The highest BCUT2D eigenvalue weighted by Gasteiger charge is 2.50. The van der Waals surface area contributed by atoms with Gasteiger partial charge in [0.1, 0.15) is 66.4 Å². The molecule has 2 saturated heterocycles. The molecule has 5 rings (SSSR count). The quantitative estimate of drug-likeness (QED) is 0.174. The summed E-state index contributed by atoms with van der Waals surface area (Å²) in [5.74, 6) is 1.72. The number of ether oxygens (including phenoxy) is 4. The SMILES string of the molecule is Cc1nnc(-c2ccc(Oc3cccc([C@H]4O[C@H](CO)[C@@H](O)[C@H](O[C@H]5O[C@H](CO)[C@@H](O)[C@H](O)[C@@H]5O)[C@@H]4O)c3)cc2)o1. The highest BCUT2D eigenvalue weighted by Crippen LogP contribution is 2.37. The Bertz CT molecular complexity index is 1290. The van der Waals surface area contributed by atoms with E-state index in [1.165, 1.54) is 0 Å². The van der Waals surface area contributed by atoms with Crippen molar-refractivity contribution in [1.29, 1.82) is 0 Å². The molecular formula is C27H32N2O12. The third-order valence-corrected chi connectivity index (χ3v) is 7.05. The van der Waals surface area contributed by atoms with Crippen LogP contribution < -0.4 is 4.74 Å². The van der Waals surface area contributed by atoms with E-state index in [2.05, 4.69) is 10.2 Å². The summed E-state index contributed by atoms with van der Waals surface area (Å²) in [6, 6.07) is 13.6. The molecule has 14 nitrogen and oxygen atoms in total. The second kappa shape index (κ2) is 12.5. The van der Waals surface area contributed by atoms with Gasteiger partial charge in [-0.2, -0.15) is 0 Å². The Balaban J connectivity index is 1.33. The summed E-state index contributed by atoms with van der Waals surface area (Å²) in [5, 5.41) is 79.6. The van der Waals surface area contributed by atoms with E-state index < -0.39 is 74.4 Å². The van der Waals surface area contributed by atoms with Crippen LogP contribution in [0.4, 0.5) is 0 Å². The summed E-state index contributed by atoms with van der Waals surface area (Å²) in [7, 11) is 0. The fourth-order valence-corrected chi connectivity index (χ4v) is 4.83. The number of aliphatic hydroxyl groups excluding tert-OH is 7. The van der Waals surface area contributed by atoms with E-state index in [4.69, 9.17) is 23.4 Å². The van der Waals surface area contributed by atoms with Crippen LogP contribution in [0.3, 0.4) is 0 Å². The van der Waals surface area contributed by atoms with Gasteiger partial charge in [-0.3, -0.25) is 0 Å². The molecule has 2 fully saturated rings. The molecule has 7 N–H and O–H groups in total. The Labute approximate surface area is 233 Å². The van der Waals surface area contributed by atoms with Gasteiger partial charge in [-0.1, -0.05) is 12.1 Å². The van der Waals surface area contributed by atoms with Crippen LogP contribution in [-0.2, 0) is 14.2 Å². The molecular weight excluding hydrogens is 544 g/mol. The topological polar surface area (TPSA) is 217 Å². The molecule has 1 aromatic heterocycles. The van der Waals surface area contributed by atoms with Crippen molar-refractivity contribution in [3.8, 4) is 23.0 Å². The molecule has 3 heterocycles. The third-order valence-electron chi connectivity index (χ3n) is 7.05. The molecule has 0 unspecified atom stereocenters. The van der Waals surface area contributed by atoms with Crippen molar-refractivity contribution >= 4 is 0 Å². The first kappa shape index (κ1) is 29.5. The molecule has 0 saturated carbocycles. The Morgan fingerprint density at radius 3 is 2.12 bits per heavy atom. The monoisotopic (exact) mass is 576 g/mol. The zero-order chi connectivity index (χ0) is 29.3. The molecule has 2 aliphatic rings. The van der Waals surface area contributed by atoms with Crippen LogP contribution >= 0.6 is 0 Å². The van der Waals surface area contributed by atoms with Crippen molar-refractivity contribution in [2.45, 2.75) is 68.1 Å². The maximum Gasteiger partial charge on any atom is 0.247 e. The smallest absolute Gasteiger partial charge is 0.247 e. The number of benzene rings is 2. The van der Waals surface area contributed by atoms with Gasteiger partial charge < -0.3 is 59.1 Å². The molecule has 2 aromatic carbocycles. The highest BCUT2D eigenvalue weighted by molar-refractivity contribution is 5.54. The first-order valence-corrected chi connectivity index (χ1v) is 13.0. The molecule has 10 atom stereocenters. The minimum atomic E-state index is -1.76. The minimum absolute atomic E-state index is 0.376. The average molecular weight is 577 g/mol. The van der Waals surface area contributed by atoms with Crippen molar-refractivity contribution in [2.24, 2.45) is 0 Å². The summed E-state index contributed by atoms with van der Waals surface area (Å²) in [5.41, 5.74) is 1.14. The molecule has 0 aliphatic carbocycles. The van der Waals surface area contributed by atoms with Crippen LogP contribution in [0.15, 0.2) is 52.9 Å². The number of aliphatic hydroxyl groups is 7. The summed E-state index contributed by atoms with van der Waals surface area (Å²) in [6.45, 7) is 0.389. The Morgan fingerprint density at radius 2 is 1.46 bits per heavy atom. The van der Waals surface area contributed by atoms with Crippen LogP contribution in [-0.4, -0.2) is 114 Å². The van der Waals surface area contributed by atoms with Crippen LogP contribution in [0.2, 0.25) is 0 Å². The first-order chi connectivity index (χ1) is 19.7. The third kappa shape index (κ3) is 6.12.